The van der Waals surface area contributed by atoms with E-state index in [9.17, 15) is 4.79 Å². The lowest BCUT2D eigenvalue weighted by atomic mass is 9.97. The first-order valence-corrected chi connectivity index (χ1v) is 8.53. The smallest absolute Gasteiger partial charge is 0.414 e. The number of nitrogens with zero attached hydrogens (tertiary/aromatic N) is 1. The van der Waals surface area contributed by atoms with Crippen molar-refractivity contribution in [2.24, 2.45) is 5.92 Å². The maximum atomic E-state index is 12.7. The van der Waals surface area contributed by atoms with E-state index in [2.05, 4.69) is 43.3 Å². The summed E-state index contributed by atoms with van der Waals surface area (Å²) in [6.07, 6.45) is 2.86. The minimum atomic E-state index is -0.494. The van der Waals surface area contributed by atoms with E-state index in [0.29, 0.717) is 12.5 Å². The summed E-state index contributed by atoms with van der Waals surface area (Å²) in [7, 11) is 0. The van der Waals surface area contributed by atoms with Crippen molar-refractivity contribution in [3.8, 4) is 0 Å². The van der Waals surface area contributed by atoms with Crippen molar-refractivity contribution < 1.29 is 9.53 Å². The highest BCUT2D eigenvalue weighted by atomic mass is 16.6. The number of ether oxygens (including phenoxy) is 1. The number of fused-ring (bicyclic) bond motifs is 1. The number of hydrogen-bond acceptors (Lipinski definition) is 2. The summed E-state index contributed by atoms with van der Waals surface area (Å²) in [5.41, 5.74) is 1.52. The van der Waals surface area contributed by atoms with Gasteiger partial charge in [-0.05, 0) is 55.5 Å². The summed E-state index contributed by atoms with van der Waals surface area (Å²) in [4.78, 5) is 14.5. The molecule has 0 bridgehead atoms. The summed E-state index contributed by atoms with van der Waals surface area (Å²) >= 11 is 0. The Hall–Kier alpha value is -2.29. The maximum Gasteiger partial charge on any atom is 0.414 e. The molecule has 0 spiro atoms. The fraction of sp³-hybridized carbons (Fsp3) is 0.381. The van der Waals surface area contributed by atoms with Gasteiger partial charge in [0.05, 0.1) is 5.70 Å². The molecule has 3 rings (SSSR count). The fourth-order valence-corrected chi connectivity index (χ4v) is 3.02. The van der Waals surface area contributed by atoms with Crippen molar-refractivity contribution in [1.82, 2.24) is 4.90 Å². The van der Waals surface area contributed by atoms with Gasteiger partial charge in [0.2, 0.25) is 0 Å². The van der Waals surface area contributed by atoms with Gasteiger partial charge in [0.15, 0.2) is 0 Å². The van der Waals surface area contributed by atoms with E-state index >= 15 is 0 Å². The quantitative estimate of drug-likeness (QED) is 0.697. The van der Waals surface area contributed by atoms with Crippen LogP contribution < -0.4 is 0 Å². The zero-order valence-corrected chi connectivity index (χ0v) is 14.9. The molecule has 1 aliphatic rings. The molecule has 0 saturated heterocycles. The van der Waals surface area contributed by atoms with E-state index in [1.807, 2.05) is 32.9 Å². The van der Waals surface area contributed by atoms with Gasteiger partial charge in [-0.15, -0.1) is 0 Å². The number of hydrogen-bond donors (Lipinski definition) is 0. The van der Waals surface area contributed by atoms with E-state index in [0.717, 1.165) is 17.7 Å². The summed E-state index contributed by atoms with van der Waals surface area (Å²) < 4.78 is 5.61. The first kappa shape index (κ1) is 16.6. The van der Waals surface area contributed by atoms with Crippen molar-refractivity contribution in [3.05, 3.63) is 54.1 Å². The normalized spacial score (nSPS) is 18.4. The van der Waals surface area contributed by atoms with Crippen molar-refractivity contribution >= 4 is 22.6 Å². The van der Waals surface area contributed by atoms with Crippen molar-refractivity contribution in [1.29, 1.82) is 0 Å². The van der Waals surface area contributed by atoms with Gasteiger partial charge in [0.25, 0.3) is 0 Å². The zero-order valence-electron chi connectivity index (χ0n) is 14.9. The van der Waals surface area contributed by atoms with Gasteiger partial charge < -0.3 is 4.74 Å². The van der Waals surface area contributed by atoms with Gasteiger partial charge in [-0.1, -0.05) is 49.4 Å². The zero-order chi connectivity index (χ0) is 17.3. The van der Waals surface area contributed by atoms with E-state index in [4.69, 9.17) is 4.74 Å². The van der Waals surface area contributed by atoms with Gasteiger partial charge in [-0.2, -0.15) is 0 Å². The van der Waals surface area contributed by atoms with Crippen molar-refractivity contribution in [3.63, 3.8) is 0 Å². The third-order valence-corrected chi connectivity index (χ3v) is 4.16. The van der Waals surface area contributed by atoms with Crippen molar-refractivity contribution in [2.45, 2.75) is 39.7 Å². The molecule has 126 valence electrons. The van der Waals surface area contributed by atoms with Crippen LogP contribution in [-0.2, 0) is 4.74 Å². The molecule has 0 fully saturated rings. The van der Waals surface area contributed by atoms with Crippen LogP contribution in [0.2, 0.25) is 0 Å². The first-order chi connectivity index (χ1) is 11.3. The molecule has 2 aromatic rings. The number of allylic oxidation sites excluding steroid dienone is 1. The second-order valence-electron chi connectivity index (χ2n) is 7.58. The Balaban J connectivity index is 1.96. The largest absolute Gasteiger partial charge is 0.443 e. The number of carbonyl (C=O) groups excluding carboxylic acids is 1. The van der Waals surface area contributed by atoms with Gasteiger partial charge in [0, 0.05) is 6.54 Å². The molecule has 1 aliphatic heterocycles. The second-order valence-corrected chi connectivity index (χ2v) is 7.58. The predicted octanol–water partition coefficient (Wildman–Crippen LogP) is 5.46. The maximum absolute atomic E-state index is 12.7. The van der Waals surface area contributed by atoms with Crippen LogP contribution in [0.1, 0.15) is 39.7 Å². The Morgan fingerprint density at radius 1 is 1.12 bits per heavy atom. The molecule has 3 heteroatoms. The third-order valence-electron chi connectivity index (χ3n) is 4.16. The molecule has 1 atom stereocenters. The minimum absolute atomic E-state index is 0.270. The lowest BCUT2D eigenvalue weighted by Crippen LogP contribution is -2.39. The van der Waals surface area contributed by atoms with Gasteiger partial charge >= 0.3 is 6.09 Å². The van der Waals surface area contributed by atoms with Gasteiger partial charge in [0.1, 0.15) is 5.60 Å². The number of carbonyl (C=O) groups is 1. The Bertz CT molecular complexity index is 786. The van der Waals surface area contributed by atoms with Crippen LogP contribution in [0.5, 0.6) is 0 Å². The van der Waals surface area contributed by atoms with Crippen LogP contribution in [-0.4, -0.2) is 23.1 Å². The molecule has 0 radical (unpaired) electrons. The highest BCUT2D eigenvalue weighted by Gasteiger charge is 2.29. The van der Waals surface area contributed by atoms with Gasteiger partial charge in [-0.25, -0.2) is 4.79 Å². The molecule has 3 nitrogen and oxygen atoms in total. The van der Waals surface area contributed by atoms with Crippen LogP contribution in [0, 0.1) is 5.92 Å². The van der Waals surface area contributed by atoms with E-state index in [-0.39, 0.29) is 6.09 Å². The molecule has 0 saturated carbocycles. The predicted molar refractivity (Wildman–Crippen MR) is 98.6 cm³/mol. The second kappa shape index (κ2) is 6.31. The molecular formula is C21H25NO2. The number of benzene rings is 2. The summed E-state index contributed by atoms with van der Waals surface area (Å²) in [5.74, 6) is 0.432. The lowest BCUT2D eigenvalue weighted by molar-refractivity contribution is 0.0327. The third kappa shape index (κ3) is 3.61. The fourth-order valence-electron chi connectivity index (χ4n) is 3.02. The average Bonchev–Trinajstić information content (AvgIpc) is 2.53. The van der Waals surface area contributed by atoms with Crippen LogP contribution >= 0.6 is 0 Å². The number of amides is 1. The summed E-state index contributed by atoms with van der Waals surface area (Å²) in [6, 6.07) is 14.6. The SMILES string of the molecule is CC1CC=C(c2ccc3ccccc3c2)N(C(=O)OC(C)(C)C)C1. The summed E-state index contributed by atoms with van der Waals surface area (Å²) in [6.45, 7) is 8.55. The minimum Gasteiger partial charge on any atom is -0.443 e. The topological polar surface area (TPSA) is 29.5 Å². The average molecular weight is 323 g/mol. The van der Waals surface area contributed by atoms with Crippen LogP contribution in [0.4, 0.5) is 4.79 Å². The molecule has 1 unspecified atom stereocenters. The lowest BCUT2D eigenvalue weighted by Gasteiger charge is -2.34. The van der Waals surface area contributed by atoms with Crippen molar-refractivity contribution in [2.75, 3.05) is 6.54 Å². The standard InChI is InChI=1S/C21H25NO2/c1-15-9-12-19(22(14-15)20(23)24-21(2,3)4)18-11-10-16-7-5-6-8-17(16)13-18/h5-8,10-13,15H,9,14H2,1-4H3. The Labute approximate surface area is 143 Å². The van der Waals surface area contributed by atoms with Crippen LogP contribution in [0.3, 0.4) is 0 Å². The Kier molecular flexibility index (Phi) is 4.35. The molecule has 0 aliphatic carbocycles. The molecule has 1 amide bonds. The van der Waals surface area contributed by atoms with E-state index in [1.165, 1.54) is 10.8 Å². The number of rotatable bonds is 1. The molecule has 0 aromatic heterocycles. The molecule has 1 heterocycles. The van der Waals surface area contributed by atoms with E-state index < -0.39 is 5.60 Å². The van der Waals surface area contributed by atoms with Gasteiger partial charge in [-0.3, -0.25) is 4.90 Å². The molecular weight excluding hydrogens is 298 g/mol. The molecule has 2 aromatic carbocycles. The van der Waals surface area contributed by atoms with Crippen LogP contribution in [0.15, 0.2) is 48.5 Å². The highest BCUT2D eigenvalue weighted by molar-refractivity contribution is 5.89. The molecule has 0 N–H and O–H groups in total. The first-order valence-electron chi connectivity index (χ1n) is 8.53. The van der Waals surface area contributed by atoms with E-state index in [1.54, 1.807) is 4.90 Å². The van der Waals surface area contributed by atoms with Crippen LogP contribution in [0.25, 0.3) is 16.5 Å². The Morgan fingerprint density at radius 2 is 1.83 bits per heavy atom. The Morgan fingerprint density at radius 3 is 2.54 bits per heavy atom. The monoisotopic (exact) mass is 323 g/mol. The molecule has 24 heavy (non-hydrogen) atoms. The summed E-state index contributed by atoms with van der Waals surface area (Å²) in [5, 5.41) is 2.38. The highest BCUT2D eigenvalue weighted by Crippen LogP contribution is 2.30.